The lowest BCUT2D eigenvalue weighted by atomic mass is 10.0. The Hall–Kier alpha value is -1.35. The minimum Gasteiger partial charge on any atom is -0.425 e. The van der Waals surface area contributed by atoms with Gasteiger partial charge in [-0.05, 0) is 36.0 Å². The minimum atomic E-state index is -0.547. The van der Waals surface area contributed by atoms with E-state index in [0.717, 1.165) is 0 Å². The fourth-order valence-corrected chi connectivity index (χ4v) is 1.72. The fraction of sp³-hybridized carbons (Fsp3) is 0.533. The van der Waals surface area contributed by atoms with Crippen molar-refractivity contribution in [3.05, 3.63) is 29.8 Å². The summed E-state index contributed by atoms with van der Waals surface area (Å²) in [6.45, 7) is 8.31. The molecule has 3 heteroatoms. The zero-order chi connectivity index (χ0) is 13.7. The third-order valence-electron chi connectivity index (χ3n) is 2.79. The summed E-state index contributed by atoms with van der Waals surface area (Å²) in [5, 5.41) is 0. The molecule has 1 aromatic rings. The molecule has 1 aromatic carbocycles. The SMILES string of the molecule is CC(C)CC(N)C(=O)Oc1ccc(C(C)C)cc1. The van der Waals surface area contributed by atoms with Crippen molar-refractivity contribution in [3.8, 4) is 5.75 Å². The van der Waals surface area contributed by atoms with E-state index >= 15 is 0 Å². The van der Waals surface area contributed by atoms with E-state index < -0.39 is 6.04 Å². The van der Waals surface area contributed by atoms with Crippen molar-refractivity contribution in [1.82, 2.24) is 0 Å². The van der Waals surface area contributed by atoms with Gasteiger partial charge in [-0.3, -0.25) is 0 Å². The van der Waals surface area contributed by atoms with Crippen molar-refractivity contribution in [2.45, 2.75) is 46.1 Å². The number of ether oxygens (including phenoxy) is 1. The van der Waals surface area contributed by atoms with Crippen LogP contribution in [0.25, 0.3) is 0 Å². The van der Waals surface area contributed by atoms with Gasteiger partial charge >= 0.3 is 5.97 Å². The first-order chi connectivity index (χ1) is 8.40. The quantitative estimate of drug-likeness (QED) is 0.644. The molecule has 0 amide bonds. The third kappa shape index (κ3) is 4.49. The van der Waals surface area contributed by atoms with Crippen molar-refractivity contribution in [3.63, 3.8) is 0 Å². The second-order valence-electron chi connectivity index (χ2n) is 5.38. The molecule has 0 radical (unpaired) electrons. The van der Waals surface area contributed by atoms with Gasteiger partial charge in [0, 0.05) is 0 Å². The molecule has 0 aliphatic carbocycles. The maximum Gasteiger partial charge on any atom is 0.328 e. The lowest BCUT2D eigenvalue weighted by Crippen LogP contribution is -2.35. The predicted molar refractivity (Wildman–Crippen MR) is 73.6 cm³/mol. The molecular weight excluding hydrogens is 226 g/mol. The first kappa shape index (κ1) is 14.7. The highest BCUT2D eigenvalue weighted by Crippen LogP contribution is 2.19. The fourth-order valence-electron chi connectivity index (χ4n) is 1.72. The summed E-state index contributed by atoms with van der Waals surface area (Å²) in [5.74, 6) is 1.05. The van der Waals surface area contributed by atoms with Crippen molar-refractivity contribution in [1.29, 1.82) is 0 Å². The second-order valence-corrected chi connectivity index (χ2v) is 5.38. The molecule has 0 saturated heterocycles. The van der Waals surface area contributed by atoms with E-state index in [0.29, 0.717) is 24.0 Å². The van der Waals surface area contributed by atoms with Gasteiger partial charge < -0.3 is 10.5 Å². The minimum absolute atomic E-state index is 0.360. The van der Waals surface area contributed by atoms with Crippen LogP contribution in [-0.2, 0) is 4.79 Å². The summed E-state index contributed by atoms with van der Waals surface area (Å²) in [5.41, 5.74) is 6.99. The Morgan fingerprint density at radius 1 is 1.17 bits per heavy atom. The summed E-state index contributed by atoms with van der Waals surface area (Å²) >= 11 is 0. The number of nitrogens with two attached hydrogens (primary N) is 1. The van der Waals surface area contributed by atoms with Gasteiger partial charge in [0.1, 0.15) is 11.8 Å². The van der Waals surface area contributed by atoms with Crippen LogP contribution in [0, 0.1) is 5.92 Å². The van der Waals surface area contributed by atoms with Gasteiger partial charge in [-0.25, -0.2) is 4.79 Å². The lowest BCUT2D eigenvalue weighted by Gasteiger charge is -2.13. The molecular formula is C15H23NO2. The zero-order valence-electron chi connectivity index (χ0n) is 11.6. The molecule has 0 aromatic heterocycles. The molecule has 0 aliphatic heterocycles. The number of esters is 1. The molecule has 1 rings (SSSR count). The highest BCUT2D eigenvalue weighted by atomic mass is 16.5. The number of hydrogen-bond acceptors (Lipinski definition) is 3. The Morgan fingerprint density at radius 3 is 2.17 bits per heavy atom. The second kappa shape index (κ2) is 6.55. The highest BCUT2D eigenvalue weighted by Gasteiger charge is 2.17. The number of hydrogen-bond donors (Lipinski definition) is 1. The molecule has 0 saturated carbocycles. The Morgan fingerprint density at radius 2 is 1.72 bits per heavy atom. The van der Waals surface area contributed by atoms with Crippen molar-refractivity contribution in [2.24, 2.45) is 11.7 Å². The summed E-state index contributed by atoms with van der Waals surface area (Å²) in [6, 6.07) is 7.03. The molecule has 0 aliphatic rings. The van der Waals surface area contributed by atoms with Gasteiger partial charge in [0.2, 0.25) is 0 Å². The molecule has 3 nitrogen and oxygen atoms in total. The molecule has 2 N–H and O–H groups in total. The maximum atomic E-state index is 11.7. The Kier molecular flexibility index (Phi) is 5.35. The summed E-state index contributed by atoms with van der Waals surface area (Å²) in [4.78, 5) is 11.7. The molecule has 0 heterocycles. The van der Waals surface area contributed by atoms with Crippen molar-refractivity contribution in [2.75, 3.05) is 0 Å². The number of carbonyl (C=O) groups is 1. The standard InChI is InChI=1S/C15H23NO2/c1-10(2)9-14(16)15(17)18-13-7-5-12(6-8-13)11(3)4/h5-8,10-11,14H,9,16H2,1-4H3. The van der Waals surface area contributed by atoms with Gasteiger partial charge in [0.05, 0.1) is 0 Å². The first-order valence-corrected chi connectivity index (χ1v) is 6.47. The largest absolute Gasteiger partial charge is 0.425 e. The van der Waals surface area contributed by atoms with Crippen LogP contribution in [0.4, 0.5) is 0 Å². The normalized spacial score (nSPS) is 12.8. The van der Waals surface area contributed by atoms with Gasteiger partial charge in [-0.2, -0.15) is 0 Å². The van der Waals surface area contributed by atoms with Crippen LogP contribution in [0.2, 0.25) is 0 Å². The highest BCUT2D eigenvalue weighted by molar-refractivity contribution is 5.77. The van der Waals surface area contributed by atoms with E-state index in [-0.39, 0.29) is 5.97 Å². The van der Waals surface area contributed by atoms with Crippen LogP contribution in [0.5, 0.6) is 5.75 Å². The first-order valence-electron chi connectivity index (χ1n) is 6.47. The number of rotatable bonds is 5. The van der Waals surface area contributed by atoms with Crippen LogP contribution in [0.3, 0.4) is 0 Å². The third-order valence-corrected chi connectivity index (χ3v) is 2.79. The summed E-state index contributed by atoms with van der Waals surface area (Å²) < 4.78 is 5.25. The van der Waals surface area contributed by atoms with Crippen molar-refractivity contribution >= 4 is 5.97 Å². The molecule has 0 bridgehead atoms. The molecule has 1 atom stereocenters. The molecule has 0 spiro atoms. The Balaban J connectivity index is 2.59. The monoisotopic (exact) mass is 249 g/mol. The van der Waals surface area contributed by atoms with E-state index in [4.69, 9.17) is 10.5 Å². The van der Waals surface area contributed by atoms with Gasteiger partial charge in [0.25, 0.3) is 0 Å². The zero-order valence-corrected chi connectivity index (χ0v) is 11.6. The Bertz CT molecular complexity index is 382. The van der Waals surface area contributed by atoms with Crippen LogP contribution in [0.15, 0.2) is 24.3 Å². The molecule has 1 unspecified atom stereocenters. The summed E-state index contributed by atoms with van der Waals surface area (Å²) in [7, 11) is 0. The molecule has 0 fully saturated rings. The van der Waals surface area contributed by atoms with Crippen LogP contribution < -0.4 is 10.5 Å². The average Bonchev–Trinajstić information content (AvgIpc) is 2.28. The Labute approximate surface area is 109 Å². The topological polar surface area (TPSA) is 52.3 Å². The molecule has 100 valence electrons. The number of carbonyl (C=O) groups excluding carboxylic acids is 1. The van der Waals surface area contributed by atoms with Crippen LogP contribution in [-0.4, -0.2) is 12.0 Å². The van der Waals surface area contributed by atoms with Gasteiger partial charge in [-0.1, -0.05) is 39.8 Å². The average molecular weight is 249 g/mol. The van der Waals surface area contributed by atoms with E-state index in [1.54, 1.807) is 0 Å². The van der Waals surface area contributed by atoms with E-state index in [2.05, 4.69) is 13.8 Å². The van der Waals surface area contributed by atoms with E-state index in [9.17, 15) is 4.79 Å². The van der Waals surface area contributed by atoms with E-state index in [1.807, 2.05) is 38.1 Å². The lowest BCUT2D eigenvalue weighted by molar-refractivity contribution is -0.136. The van der Waals surface area contributed by atoms with Gasteiger partial charge in [0.15, 0.2) is 0 Å². The molecule has 18 heavy (non-hydrogen) atoms. The van der Waals surface area contributed by atoms with Crippen LogP contribution in [0.1, 0.15) is 45.6 Å². The summed E-state index contributed by atoms with van der Waals surface area (Å²) in [6.07, 6.45) is 0.642. The van der Waals surface area contributed by atoms with Crippen molar-refractivity contribution < 1.29 is 9.53 Å². The van der Waals surface area contributed by atoms with Gasteiger partial charge in [-0.15, -0.1) is 0 Å². The maximum absolute atomic E-state index is 11.7. The van der Waals surface area contributed by atoms with Crippen LogP contribution >= 0.6 is 0 Å². The smallest absolute Gasteiger partial charge is 0.328 e. The predicted octanol–water partition coefficient (Wildman–Crippen LogP) is 3.09. The van der Waals surface area contributed by atoms with E-state index in [1.165, 1.54) is 5.56 Å². The number of benzene rings is 1.